The fraction of sp³-hybridized carbons (Fsp3) is 0.353. The lowest BCUT2D eigenvalue weighted by molar-refractivity contribution is -0.0100. The molecule has 4 heterocycles. The number of benzene rings is 2. The molecule has 6 rings (SSSR count). The molecule has 3 aromatic rings. The van der Waals surface area contributed by atoms with Gasteiger partial charge in [-0.2, -0.15) is 0 Å². The molecule has 0 radical (unpaired) electrons. The number of likely N-dealkylation sites (tertiary alicyclic amines) is 1. The third kappa shape index (κ3) is 5.35. The van der Waals surface area contributed by atoms with Crippen molar-refractivity contribution in [3.63, 3.8) is 0 Å². The normalized spacial score (nSPS) is 19.0. The van der Waals surface area contributed by atoms with E-state index < -0.39 is 0 Å². The van der Waals surface area contributed by atoms with Gasteiger partial charge in [-0.25, -0.2) is 0 Å². The van der Waals surface area contributed by atoms with Crippen LogP contribution in [0.2, 0.25) is 0 Å². The largest absolute Gasteiger partial charge is 0.496 e. The number of allylic oxidation sites excluding steroid dienone is 1. The Kier molecular flexibility index (Phi) is 8.20. The molecule has 0 unspecified atom stereocenters. The Morgan fingerprint density at radius 1 is 1.09 bits per heavy atom. The first-order valence-corrected chi connectivity index (χ1v) is 14.9. The van der Waals surface area contributed by atoms with Gasteiger partial charge in [0.15, 0.2) is 0 Å². The summed E-state index contributed by atoms with van der Waals surface area (Å²) in [4.78, 5) is 22.6. The monoisotopic (exact) mass is 596 g/mol. The van der Waals surface area contributed by atoms with Gasteiger partial charge in [0.1, 0.15) is 17.2 Å². The first-order valence-electron chi connectivity index (χ1n) is 14.9. The molecule has 10 nitrogen and oxygen atoms in total. The minimum atomic E-state index is -0.263. The van der Waals surface area contributed by atoms with Crippen LogP contribution in [0.4, 0.5) is 5.69 Å². The number of nitrogens with one attached hydrogen (secondary N) is 1. The highest BCUT2D eigenvalue weighted by atomic mass is 16.5. The highest BCUT2D eigenvalue weighted by Gasteiger charge is 2.37. The van der Waals surface area contributed by atoms with Crippen molar-refractivity contribution in [2.45, 2.75) is 25.8 Å². The average molecular weight is 597 g/mol. The summed E-state index contributed by atoms with van der Waals surface area (Å²) in [5.74, 6) is 1.27. The topological polar surface area (TPSA) is 107 Å². The molecule has 1 amide bonds. The van der Waals surface area contributed by atoms with E-state index in [1.807, 2.05) is 67.2 Å². The number of methoxy groups -OCH3 is 2. The summed E-state index contributed by atoms with van der Waals surface area (Å²) in [7, 11) is 5.05. The molecule has 44 heavy (non-hydrogen) atoms. The third-order valence-corrected chi connectivity index (χ3v) is 8.98. The first kappa shape index (κ1) is 29.5. The van der Waals surface area contributed by atoms with Crippen LogP contribution in [0.1, 0.15) is 35.8 Å². The second kappa shape index (κ2) is 12.2. The molecule has 2 aromatic carbocycles. The van der Waals surface area contributed by atoms with Gasteiger partial charge in [-0.3, -0.25) is 14.7 Å². The van der Waals surface area contributed by atoms with Crippen molar-refractivity contribution in [2.24, 2.45) is 23.7 Å². The Labute approximate surface area is 258 Å². The zero-order chi connectivity index (χ0) is 31.0. The van der Waals surface area contributed by atoms with Crippen LogP contribution in [0, 0.1) is 5.92 Å². The molecule has 230 valence electrons. The van der Waals surface area contributed by atoms with Gasteiger partial charge in [0.05, 0.1) is 42.5 Å². The number of rotatable bonds is 8. The lowest BCUT2D eigenvalue weighted by Crippen LogP contribution is -2.55. The van der Waals surface area contributed by atoms with E-state index in [1.54, 1.807) is 20.4 Å². The van der Waals surface area contributed by atoms with E-state index in [0.717, 1.165) is 72.7 Å². The molecule has 0 aliphatic carbocycles. The van der Waals surface area contributed by atoms with Crippen molar-refractivity contribution in [1.82, 2.24) is 14.4 Å². The Morgan fingerprint density at radius 3 is 2.57 bits per heavy atom. The van der Waals surface area contributed by atoms with Gasteiger partial charge in [0.25, 0.3) is 5.91 Å². The number of nitrogens with two attached hydrogens (primary N) is 1. The zero-order valence-electron chi connectivity index (χ0n) is 25.8. The summed E-state index contributed by atoms with van der Waals surface area (Å²) in [6.45, 7) is 10.1. The summed E-state index contributed by atoms with van der Waals surface area (Å²) in [5, 5.41) is 3.87. The van der Waals surface area contributed by atoms with E-state index in [0.29, 0.717) is 40.5 Å². The lowest BCUT2D eigenvalue weighted by atomic mass is 9.91. The van der Waals surface area contributed by atoms with Crippen molar-refractivity contribution >= 4 is 33.9 Å². The molecule has 0 atom stereocenters. The number of fused-ring (bicyclic) bond motifs is 1. The zero-order valence-corrected chi connectivity index (χ0v) is 25.8. The van der Waals surface area contributed by atoms with Crippen LogP contribution in [-0.2, 0) is 11.8 Å². The van der Waals surface area contributed by atoms with Gasteiger partial charge in [-0.1, -0.05) is 18.7 Å². The first-order chi connectivity index (χ1) is 21.3. The van der Waals surface area contributed by atoms with Crippen molar-refractivity contribution in [3.8, 4) is 11.5 Å². The summed E-state index contributed by atoms with van der Waals surface area (Å²) in [5.41, 5.74) is 12.7. The summed E-state index contributed by atoms with van der Waals surface area (Å²) >= 11 is 0. The molecule has 1 aromatic heterocycles. The average Bonchev–Trinajstić information content (AvgIpc) is 3.37. The van der Waals surface area contributed by atoms with Crippen LogP contribution in [0.25, 0.3) is 16.6 Å². The van der Waals surface area contributed by atoms with E-state index in [9.17, 15) is 4.79 Å². The Morgan fingerprint density at radius 2 is 1.84 bits per heavy atom. The number of aliphatic imine (C=N–C) groups is 1. The molecule has 2 saturated heterocycles. The molecule has 3 aliphatic heterocycles. The predicted molar refractivity (Wildman–Crippen MR) is 174 cm³/mol. The highest BCUT2D eigenvalue weighted by molar-refractivity contribution is 6.08. The van der Waals surface area contributed by atoms with Gasteiger partial charge in [0, 0.05) is 74.4 Å². The maximum Gasteiger partial charge on any atom is 0.272 e. The van der Waals surface area contributed by atoms with Crippen LogP contribution in [0.3, 0.4) is 0 Å². The molecule has 0 bridgehead atoms. The summed E-state index contributed by atoms with van der Waals surface area (Å²) in [6.07, 6.45) is 5.89. The molecule has 0 saturated carbocycles. The number of aryl methyl sites for hydroxylation is 1. The number of anilines is 1. The Bertz CT molecular complexity index is 1690. The van der Waals surface area contributed by atoms with Gasteiger partial charge < -0.3 is 34.7 Å². The van der Waals surface area contributed by atoms with E-state index in [2.05, 4.69) is 26.7 Å². The molecule has 10 heteroatoms. The van der Waals surface area contributed by atoms with Crippen molar-refractivity contribution in [1.29, 1.82) is 0 Å². The molecular weight excluding hydrogens is 556 g/mol. The SMILES string of the molecule is C=C(C1CN(C2CCOCC2)C1)N1C=CN=C(C)/C1=C(/N)c1ccc(NC(=O)c2cc3c(OC)cccc3n2C)c(OC)c1. The van der Waals surface area contributed by atoms with Crippen LogP contribution in [-0.4, -0.2) is 72.6 Å². The number of hydrogen-bond donors (Lipinski definition) is 2. The Hall–Kier alpha value is -4.54. The van der Waals surface area contributed by atoms with Crippen LogP contribution < -0.4 is 20.5 Å². The van der Waals surface area contributed by atoms with Gasteiger partial charge in [0.2, 0.25) is 0 Å². The molecule has 3 aliphatic rings. The quantitative estimate of drug-likeness (QED) is 0.379. The van der Waals surface area contributed by atoms with Crippen molar-refractivity contribution in [2.75, 3.05) is 45.8 Å². The molecule has 0 spiro atoms. The number of carbonyl (C=O) groups is 1. The van der Waals surface area contributed by atoms with Gasteiger partial charge >= 0.3 is 0 Å². The number of carbonyl (C=O) groups excluding carboxylic acids is 1. The summed E-state index contributed by atoms with van der Waals surface area (Å²) in [6, 6.07) is 13.7. The van der Waals surface area contributed by atoms with E-state index in [4.69, 9.17) is 19.9 Å². The fourth-order valence-corrected chi connectivity index (χ4v) is 6.37. The lowest BCUT2D eigenvalue weighted by Gasteiger charge is -2.48. The highest BCUT2D eigenvalue weighted by Crippen LogP contribution is 2.36. The van der Waals surface area contributed by atoms with Crippen molar-refractivity contribution < 1.29 is 19.0 Å². The Balaban J connectivity index is 1.23. The van der Waals surface area contributed by atoms with E-state index >= 15 is 0 Å². The third-order valence-electron chi connectivity index (χ3n) is 8.98. The van der Waals surface area contributed by atoms with E-state index in [1.165, 1.54) is 0 Å². The molecule has 3 N–H and O–H groups in total. The predicted octanol–water partition coefficient (Wildman–Crippen LogP) is 4.95. The number of nitrogens with zero attached hydrogens (tertiary/aromatic N) is 4. The number of aromatic nitrogens is 1. The second-order valence-electron chi connectivity index (χ2n) is 11.5. The molecular formula is C34H40N6O4. The smallest absolute Gasteiger partial charge is 0.272 e. The standard InChI is InChI=1S/C34H40N6O4/c1-21-33(40(14-13-36-21)22(2)24-19-39(20-24)25-11-15-44-16-12-25)32(35)23-9-10-27(31(17-23)43-5)37-34(41)29-18-26-28(38(29)3)7-6-8-30(26)42-4/h6-10,13-14,17-18,24-25H,2,11-12,15-16,19-20,35H2,1,3-5H3,(H,37,41)/b33-32-. The van der Waals surface area contributed by atoms with Gasteiger partial charge in [-0.05, 0) is 50.1 Å². The number of ether oxygens (including phenoxy) is 3. The minimum absolute atomic E-state index is 0.263. The fourth-order valence-electron chi connectivity index (χ4n) is 6.37. The van der Waals surface area contributed by atoms with Crippen LogP contribution in [0.15, 0.2) is 77.8 Å². The second-order valence-corrected chi connectivity index (χ2v) is 11.5. The van der Waals surface area contributed by atoms with Crippen LogP contribution in [0.5, 0.6) is 11.5 Å². The number of amides is 1. The van der Waals surface area contributed by atoms with E-state index in [-0.39, 0.29) is 5.91 Å². The van der Waals surface area contributed by atoms with Crippen LogP contribution >= 0.6 is 0 Å². The molecule has 2 fully saturated rings. The maximum atomic E-state index is 13.4. The van der Waals surface area contributed by atoms with Crippen molar-refractivity contribution in [3.05, 3.63) is 84.1 Å². The minimum Gasteiger partial charge on any atom is -0.496 e. The summed E-state index contributed by atoms with van der Waals surface area (Å²) < 4.78 is 18.6. The maximum absolute atomic E-state index is 13.4. The van der Waals surface area contributed by atoms with Gasteiger partial charge in [-0.15, -0.1) is 0 Å². The number of hydrogen-bond acceptors (Lipinski definition) is 8.